The maximum Gasteiger partial charge on any atom is 0.230 e. The third-order valence-corrected chi connectivity index (χ3v) is 5.69. The van der Waals surface area contributed by atoms with Crippen LogP contribution in [0.2, 0.25) is 0 Å². The van der Waals surface area contributed by atoms with Crippen molar-refractivity contribution in [3.05, 3.63) is 30.3 Å². The molecule has 2 aromatic heterocycles. The smallest absolute Gasteiger partial charge is 0.230 e. The van der Waals surface area contributed by atoms with Crippen LogP contribution in [0, 0.1) is 5.92 Å². The first-order chi connectivity index (χ1) is 12.7. The molecule has 2 aliphatic rings. The first kappa shape index (κ1) is 17.1. The van der Waals surface area contributed by atoms with Gasteiger partial charge in [-0.2, -0.15) is 4.98 Å². The van der Waals surface area contributed by atoms with Crippen molar-refractivity contribution in [1.82, 2.24) is 20.0 Å². The number of carbonyl (C=O) groups is 1. The molecule has 0 bridgehead atoms. The number of pyridine rings is 1. The van der Waals surface area contributed by atoms with E-state index in [2.05, 4.69) is 15.1 Å². The van der Waals surface area contributed by atoms with Gasteiger partial charge < -0.3 is 15.2 Å². The maximum absolute atomic E-state index is 12.5. The van der Waals surface area contributed by atoms with Crippen LogP contribution in [0.4, 0.5) is 0 Å². The highest BCUT2D eigenvalue weighted by molar-refractivity contribution is 5.76. The Morgan fingerprint density at radius 2 is 2.08 bits per heavy atom. The second-order valence-corrected chi connectivity index (χ2v) is 7.39. The van der Waals surface area contributed by atoms with Crippen molar-refractivity contribution in [2.45, 2.75) is 50.5 Å². The lowest BCUT2D eigenvalue weighted by Gasteiger charge is -2.31. The molecule has 7 heteroatoms. The van der Waals surface area contributed by atoms with Crippen LogP contribution in [0.1, 0.15) is 50.3 Å². The maximum atomic E-state index is 12.5. The zero-order chi connectivity index (χ0) is 17.9. The minimum absolute atomic E-state index is 0.194. The average Bonchev–Trinajstić information content (AvgIpc) is 3.32. The lowest BCUT2D eigenvalue weighted by Crippen LogP contribution is -2.40. The van der Waals surface area contributed by atoms with E-state index < -0.39 is 0 Å². The van der Waals surface area contributed by atoms with E-state index in [1.165, 1.54) is 0 Å². The number of piperidine rings is 1. The quantitative estimate of drug-likeness (QED) is 0.904. The van der Waals surface area contributed by atoms with Gasteiger partial charge in [-0.15, -0.1) is 0 Å². The summed E-state index contributed by atoms with van der Waals surface area (Å²) < 4.78 is 5.45. The van der Waals surface area contributed by atoms with Gasteiger partial charge in [0.05, 0.1) is 0 Å². The molecular weight excluding hydrogens is 330 g/mol. The molecule has 3 heterocycles. The summed E-state index contributed by atoms with van der Waals surface area (Å²) in [6.07, 6.45) is 7.30. The van der Waals surface area contributed by atoms with Crippen LogP contribution in [-0.2, 0) is 4.79 Å². The molecule has 1 aliphatic heterocycles. The van der Waals surface area contributed by atoms with Crippen molar-refractivity contribution < 1.29 is 9.32 Å². The molecule has 0 radical (unpaired) electrons. The van der Waals surface area contributed by atoms with Gasteiger partial charge in [-0.25, -0.2) is 0 Å². The number of hydrogen-bond donors (Lipinski definition) is 1. The van der Waals surface area contributed by atoms with Crippen LogP contribution in [-0.4, -0.2) is 45.1 Å². The van der Waals surface area contributed by atoms with Gasteiger partial charge in [0.15, 0.2) is 0 Å². The molecule has 2 N–H and O–H groups in total. The Labute approximate surface area is 153 Å². The molecule has 26 heavy (non-hydrogen) atoms. The fourth-order valence-electron chi connectivity index (χ4n) is 4.05. The fraction of sp³-hybridized carbons (Fsp3) is 0.579. The van der Waals surface area contributed by atoms with Crippen molar-refractivity contribution in [2.24, 2.45) is 11.7 Å². The van der Waals surface area contributed by atoms with Crippen molar-refractivity contribution in [1.29, 1.82) is 0 Å². The van der Waals surface area contributed by atoms with Gasteiger partial charge in [-0.3, -0.25) is 9.78 Å². The number of hydrogen-bond acceptors (Lipinski definition) is 6. The second kappa shape index (κ2) is 7.53. The van der Waals surface area contributed by atoms with Gasteiger partial charge >= 0.3 is 0 Å². The minimum atomic E-state index is 0.194. The number of amides is 1. The molecule has 2 aromatic rings. The number of likely N-dealkylation sites (tertiary alicyclic amines) is 1. The van der Waals surface area contributed by atoms with Crippen molar-refractivity contribution in [3.63, 3.8) is 0 Å². The lowest BCUT2D eigenvalue weighted by molar-refractivity contribution is -0.133. The summed E-state index contributed by atoms with van der Waals surface area (Å²) in [5, 5.41) is 4.05. The topological polar surface area (TPSA) is 98.1 Å². The highest BCUT2D eigenvalue weighted by atomic mass is 16.5. The van der Waals surface area contributed by atoms with E-state index in [1.807, 2.05) is 23.1 Å². The SMILES string of the molecule is N[C@@H]1CCC[C@H]1CC(=O)N1CCC(c2nc(-c3ccccn3)no2)CC1. The van der Waals surface area contributed by atoms with Gasteiger partial charge in [0, 0.05) is 37.7 Å². The molecule has 1 saturated carbocycles. The molecule has 1 aliphatic carbocycles. The predicted octanol–water partition coefficient (Wildman–Crippen LogP) is 2.36. The summed E-state index contributed by atoms with van der Waals surface area (Å²) >= 11 is 0. The number of rotatable bonds is 4. The summed E-state index contributed by atoms with van der Waals surface area (Å²) in [7, 11) is 0. The van der Waals surface area contributed by atoms with Crippen LogP contribution in [0.5, 0.6) is 0 Å². The van der Waals surface area contributed by atoms with Crippen LogP contribution < -0.4 is 5.73 Å². The number of nitrogens with two attached hydrogens (primary N) is 1. The average molecular weight is 355 g/mol. The third kappa shape index (κ3) is 3.62. The molecular formula is C19H25N5O2. The van der Waals surface area contributed by atoms with Crippen molar-refractivity contribution in [3.8, 4) is 11.5 Å². The van der Waals surface area contributed by atoms with Gasteiger partial charge in [0.25, 0.3) is 0 Å². The van der Waals surface area contributed by atoms with E-state index >= 15 is 0 Å². The van der Waals surface area contributed by atoms with Crippen molar-refractivity contribution in [2.75, 3.05) is 13.1 Å². The molecule has 0 aromatic carbocycles. The highest BCUT2D eigenvalue weighted by Crippen LogP contribution is 2.31. The molecule has 2 fully saturated rings. The lowest BCUT2D eigenvalue weighted by atomic mass is 9.94. The molecule has 0 unspecified atom stereocenters. The zero-order valence-corrected chi connectivity index (χ0v) is 14.9. The third-order valence-electron chi connectivity index (χ3n) is 5.69. The molecule has 1 saturated heterocycles. The molecule has 1 amide bonds. The van der Waals surface area contributed by atoms with E-state index in [9.17, 15) is 4.79 Å². The summed E-state index contributed by atoms with van der Waals surface area (Å²) in [6.45, 7) is 1.49. The molecule has 2 atom stereocenters. The molecule has 0 spiro atoms. The Balaban J connectivity index is 1.32. The number of carbonyl (C=O) groups excluding carboxylic acids is 1. The van der Waals surface area contributed by atoms with Gasteiger partial charge in [-0.1, -0.05) is 17.6 Å². The van der Waals surface area contributed by atoms with Gasteiger partial charge in [-0.05, 0) is 43.7 Å². The van der Waals surface area contributed by atoms with Crippen LogP contribution >= 0.6 is 0 Å². The normalized spacial score (nSPS) is 24.1. The minimum Gasteiger partial charge on any atom is -0.343 e. The summed E-state index contributed by atoms with van der Waals surface area (Å²) in [5.41, 5.74) is 6.81. The first-order valence-electron chi connectivity index (χ1n) is 9.49. The van der Waals surface area contributed by atoms with Crippen molar-refractivity contribution >= 4 is 5.91 Å². The van der Waals surface area contributed by atoms with E-state index in [4.69, 9.17) is 10.3 Å². The van der Waals surface area contributed by atoms with Gasteiger partial charge in [0.1, 0.15) is 5.69 Å². The number of nitrogens with zero attached hydrogens (tertiary/aromatic N) is 4. The van der Waals surface area contributed by atoms with Crippen LogP contribution in [0.3, 0.4) is 0 Å². The Morgan fingerprint density at radius 3 is 2.77 bits per heavy atom. The Bertz CT molecular complexity index is 739. The Hall–Kier alpha value is -2.28. The molecule has 7 nitrogen and oxygen atoms in total. The second-order valence-electron chi connectivity index (χ2n) is 7.39. The summed E-state index contributed by atoms with van der Waals surface area (Å²) in [5.74, 6) is 1.98. The van der Waals surface area contributed by atoms with Gasteiger partial charge in [0.2, 0.25) is 17.6 Å². The number of aromatic nitrogens is 3. The van der Waals surface area contributed by atoms with E-state index in [0.29, 0.717) is 29.7 Å². The molecule has 4 rings (SSSR count). The summed E-state index contributed by atoms with van der Waals surface area (Å²) in [6, 6.07) is 5.82. The Morgan fingerprint density at radius 1 is 1.23 bits per heavy atom. The van der Waals surface area contributed by atoms with E-state index in [0.717, 1.165) is 45.2 Å². The Kier molecular flexibility index (Phi) is 4.97. The van der Waals surface area contributed by atoms with E-state index in [1.54, 1.807) is 6.20 Å². The predicted molar refractivity (Wildman–Crippen MR) is 96.0 cm³/mol. The van der Waals surface area contributed by atoms with Crippen LogP contribution in [0.25, 0.3) is 11.5 Å². The van der Waals surface area contributed by atoms with Crippen LogP contribution in [0.15, 0.2) is 28.9 Å². The first-order valence-corrected chi connectivity index (χ1v) is 9.49. The standard InChI is InChI=1S/C19H25N5O2/c20-15-5-3-4-14(15)12-17(25)24-10-7-13(8-11-24)19-22-18(23-26-19)16-6-1-2-9-21-16/h1-2,6,9,13-15H,3-5,7-8,10-12,20H2/t14-,15+/m0/s1. The summed E-state index contributed by atoms with van der Waals surface area (Å²) in [4.78, 5) is 23.3. The zero-order valence-electron chi connectivity index (χ0n) is 14.9. The molecule has 138 valence electrons. The monoisotopic (exact) mass is 355 g/mol. The highest BCUT2D eigenvalue weighted by Gasteiger charge is 2.31. The van der Waals surface area contributed by atoms with E-state index in [-0.39, 0.29) is 17.9 Å². The fourth-order valence-corrected chi connectivity index (χ4v) is 4.05. The largest absolute Gasteiger partial charge is 0.343 e.